The highest BCUT2D eigenvalue weighted by Crippen LogP contribution is 2.21. The maximum absolute atomic E-state index is 11.5. The van der Waals surface area contributed by atoms with Crippen LogP contribution in [0.4, 0.5) is 0 Å². The highest BCUT2D eigenvalue weighted by Gasteiger charge is 2.23. The molecular weight excluding hydrogens is 220 g/mol. The first kappa shape index (κ1) is 13.8. The average Bonchev–Trinajstić information content (AvgIpc) is 2.83. The summed E-state index contributed by atoms with van der Waals surface area (Å²) in [5.74, 6) is 0.676. The van der Waals surface area contributed by atoms with Crippen LogP contribution in [0.2, 0.25) is 0 Å². The van der Waals surface area contributed by atoms with E-state index >= 15 is 0 Å². The van der Waals surface area contributed by atoms with E-state index in [1.54, 1.807) is 6.92 Å². The van der Waals surface area contributed by atoms with Gasteiger partial charge in [-0.1, -0.05) is 19.0 Å². The first-order valence-electron chi connectivity index (χ1n) is 6.11. The molecule has 0 N–H and O–H groups in total. The normalized spacial score (nSPS) is 14.6. The summed E-state index contributed by atoms with van der Waals surface area (Å²) in [6.07, 6.45) is 1.10. The molecule has 0 aliphatic carbocycles. The van der Waals surface area contributed by atoms with Gasteiger partial charge in [0.1, 0.15) is 11.9 Å². The molecule has 0 amide bonds. The van der Waals surface area contributed by atoms with Gasteiger partial charge in [-0.25, -0.2) is 0 Å². The second-order valence-corrected chi connectivity index (χ2v) is 3.88. The second-order valence-electron chi connectivity index (χ2n) is 3.88. The molecule has 0 bridgehead atoms. The molecule has 5 heteroatoms. The molecule has 5 nitrogen and oxygen atoms in total. The van der Waals surface area contributed by atoms with Crippen LogP contribution < -0.4 is 0 Å². The third kappa shape index (κ3) is 3.36. The summed E-state index contributed by atoms with van der Waals surface area (Å²) in [6, 6.07) is 0. The van der Waals surface area contributed by atoms with Gasteiger partial charge >= 0.3 is 0 Å². The Morgan fingerprint density at radius 2 is 2.12 bits per heavy atom. The molecular formula is C12H20N2O3. The lowest BCUT2D eigenvalue weighted by atomic mass is 10.1. The molecule has 1 heterocycles. The second kappa shape index (κ2) is 6.49. The van der Waals surface area contributed by atoms with Crippen molar-refractivity contribution in [2.75, 3.05) is 6.61 Å². The van der Waals surface area contributed by atoms with Crippen molar-refractivity contribution in [2.45, 2.75) is 52.6 Å². The van der Waals surface area contributed by atoms with Crippen molar-refractivity contribution in [3.63, 3.8) is 0 Å². The number of Topliss-reactive ketones (excluding diaryl/α,β-unsaturated/α-hetero) is 1. The number of hydrogen-bond acceptors (Lipinski definition) is 5. The summed E-state index contributed by atoms with van der Waals surface area (Å²) in [7, 11) is 0. The van der Waals surface area contributed by atoms with Crippen LogP contribution in [0.1, 0.15) is 64.3 Å². The molecule has 96 valence electrons. The number of ketones is 1. The lowest BCUT2D eigenvalue weighted by Gasteiger charge is -2.09. The SMILES string of the molecule is CCOC(CC)c1noc(C(C)C(=O)CC)n1. The minimum atomic E-state index is -0.333. The third-order valence-corrected chi connectivity index (χ3v) is 2.69. The topological polar surface area (TPSA) is 65.2 Å². The van der Waals surface area contributed by atoms with Crippen molar-refractivity contribution in [1.29, 1.82) is 0 Å². The fraction of sp³-hybridized carbons (Fsp3) is 0.750. The predicted molar refractivity (Wildman–Crippen MR) is 62.7 cm³/mol. The van der Waals surface area contributed by atoms with Gasteiger partial charge in [0.05, 0.1) is 5.92 Å². The Morgan fingerprint density at radius 1 is 1.41 bits per heavy atom. The van der Waals surface area contributed by atoms with Crippen molar-refractivity contribution in [3.8, 4) is 0 Å². The van der Waals surface area contributed by atoms with Gasteiger partial charge in [0, 0.05) is 13.0 Å². The molecule has 2 unspecified atom stereocenters. The van der Waals surface area contributed by atoms with E-state index in [4.69, 9.17) is 9.26 Å². The van der Waals surface area contributed by atoms with Gasteiger partial charge in [0.25, 0.3) is 0 Å². The van der Waals surface area contributed by atoms with E-state index < -0.39 is 0 Å². The van der Waals surface area contributed by atoms with Crippen LogP contribution in [0.15, 0.2) is 4.52 Å². The molecule has 0 fully saturated rings. The lowest BCUT2D eigenvalue weighted by Crippen LogP contribution is -2.09. The van der Waals surface area contributed by atoms with Gasteiger partial charge < -0.3 is 9.26 Å². The molecule has 0 spiro atoms. The number of carbonyl (C=O) groups excluding carboxylic acids is 1. The van der Waals surface area contributed by atoms with Gasteiger partial charge in [-0.05, 0) is 20.3 Å². The van der Waals surface area contributed by atoms with Gasteiger partial charge in [-0.2, -0.15) is 4.98 Å². The quantitative estimate of drug-likeness (QED) is 0.733. The zero-order valence-electron chi connectivity index (χ0n) is 10.9. The Kier molecular flexibility index (Phi) is 5.28. The molecule has 0 aromatic carbocycles. The van der Waals surface area contributed by atoms with E-state index in [-0.39, 0.29) is 17.8 Å². The van der Waals surface area contributed by atoms with Crippen LogP contribution in [-0.4, -0.2) is 22.5 Å². The maximum Gasteiger partial charge on any atom is 0.237 e. The Hall–Kier alpha value is -1.23. The Morgan fingerprint density at radius 3 is 2.65 bits per heavy atom. The Bertz CT molecular complexity index is 362. The van der Waals surface area contributed by atoms with E-state index in [9.17, 15) is 4.79 Å². The number of rotatable bonds is 7. The summed E-state index contributed by atoms with van der Waals surface area (Å²) >= 11 is 0. The summed E-state index contributed by atoms with van der Waals surface area (Å²) in [5, 5.41) is 3.88. The summed E-state index contributed by atoms with van der Waals surface area (Å²) < 4.78 is 10.6. The molecule has 1 rings (SSSR count). The highest BCUT2D eigenvalue weighted by atomic mass is 16.5. The van der Waals surface area contributed by atoms with E-state index in [0.717, 1.165) is 6.42 Å². The number of ether oxygens (including phenoxy) is 1. The van der Waals surface area contributed by atoms with Crippen molar-refractivity contribution >= 4 is 5.78 Å². The van der Waals surface area contributed by atoms with E-state index in [2.05, 4.69) is 10.1 Å². The number of hydrogen-bond donors (Lipinski definition) is 0. The first-order valence-corrected chi connectivity index (χ1v) is 6.11. The molecule has 1 aromatic heterocycles. The van der Waals surface area contributed by atoms with E-state index in [1.807, 2.05) is 20.8 Å². The largest absolute Gasteiger partial charge is 0.370 e. The average molecular weight is 240 g/mol. The van der Waals surface area contributed by atoms with Gasteiger partial charge in [-0.3, -0.25) is 4.79 Å². The van der Waals surface area contributed by atoms with Crippen LogP contribution in [-0.2, 0) is 9.53 Å². The fourth-order valence-electron chi connectivity index (χ4n) is 1.57. The van der Waals surface area contributed by atoms with E-state index in [1.165, 1.54) is 0 Å². The smallest absolute Gasteiger partial charge is 0.237 e. The van der Waals surface area contributed by atoms with Crippen LogP contribution in [0.5, 0.6) is 0 Å². The first-order chi connectivity index (χ1) is 8.13. The molecule has 1 aromatic rings. The summed E-state index contributed by atoms with van der Waals surface area (Å²) in [6.45, 7) is 8.13. The predicted octanol–water partition coefficient (Wildman–Crippen LogP) is 2.64. The number of aromatic nitrogens is 2. The molecule has 0 aliphatic heterocycles. The minimum Gasteiger partial charge on any atom is -0.370 e. The van der Waals surface area contributed by atoms with E-state index in [0.29, 0.717) is 24.7 Å². The summed E-state index contributed by atoms with van der Waals surface area (Å²) in [4.78, 5) is 15.8. The maximum atomic E-state index is 11.5. The Labute approximate surface area is 102 Å². The molecule has 0 saturated heterocycles. The molecule has 0 saturated carbocycles. The van der Waals surface area contributed by atoms with Crippen LogP contribution >= 0.6 is 0 Å². The molecule has 2 atom stereocenters. The highest BCUT2D eigenvalue weighted by molar-refractivity contribution is 5.83. The molecule has 0 radical (unpaired) electrons. The molecule has 17 heavy (non-hydrogen) atoms. The number of nitrogens with zero attached hydrogens (tertiary/aromatic N) is 2. The zero-order chi connectivity index (χ0) is 12.8. The lowest BCUT2D eigenvalue weighted by molar-refractivity contribution is -0.120. The van der Waals surface area contributed by atoms with Gasteiger partial charge in [0.15, 0.2) is 0 Å². The standard InChI is InChI=1S/C12H20N2O3/c1-5-9(15)8(4)12-13-11(14-17-12)10(6-2)16-7-3/h8,10H,5-7H2,1-4H3. The van der Waals surface area contributed by atoms with Gasteiger partial charge in [-0.15, -0.1) is 0 Å². The van der Waals surface area contributed by atoms with Crippen molar-refractivity contribution in [2.24, 2.45) is 0 Å². The zero-order valence-corrected chi connectivity index (χ0v) is 10.9. The third-order valence-electron chi connectivity index (χ3n) is 2.69. The van der Waals surface area contributed by atoms with Gasteiger partial charge in [0.2, 0.25) is 11.7 Å². The van der Waals surface area contributed by atoms with Crippen LogP contribution in [0, 0.1) is 0 Å². The molecule has 0 aliphatic rings. The summed E-state index contributed by atoms with van der Waals surface area (Å²) in [5.41, 5.74) is 0. The van der Waals surface area contributed by atoms with Crippen molar-refractivity contribution in [3.05, 3.63) is 11.7 Å². The van der Waals surface area contributed by atoms with Crippen LogP contribution in [0.25, 0.3) is 0 Å². The minimum absolute atomic E-state index is 0.102. The van der Waals surface area contributed by atoms with Crippen LogP contribution in [0.3, 0.4) is 0 Å². The fourth-order valence-corrected chi connectivity index (χ4v) is 1.57. The Balaban J connectivity index is 2.79. The van der Waals surface area contributed by atoms with Crippen molar-refractivity contribution < 1.29 is 14.1 Å². The number of carbonyl (C=O) groups is 1. The monoisotopic (exact) mass is 240 g/mol. The van der Waals surface area contributed by atoms with Crippen molar-refractivity contribution in [1.82, 2.24) is 10.1 Å².